The zero-order valence-corrected chi connectivity index (χ0v) is 32.4. The molecule has 0 fully saturated rings. The Morgan fingerprint density at radius 3 is 1.65 bits per heavy atom. The maximum atomic E-state index is 6.79. The van der Waals surface area contributed by atoms with Crippen LogP contribution in [0.15, 0.2) is 186 Å². The van der Waals surface area contributed by atoms with Crippen molar-refractivity contribution in [2.75, 3.05) is 0 Å². The number of nitrogens with zero attached hydrogens (tertiary/aromatic N) is 4. The number of benzene rings is 9. The molecule has 0 bridgehead atoms. The number of aromatic nitrogens is 4. The molecule has 3 aromatic heterocycles. The van der Waals surface area contributed by atoms with Crippen LogP contribution in [0.4, 0.5) is 0 Å². The Morgan fingerprint density at radius 1 is 0.417 bits per heavy atom. The second-order valence-electron chi connectivity index (χ2n) is 15.9. The second kappa shape index (κ2) is 12.8. The molecule has 1 aliphatic rings. The van der Waals surface area contributed by atoms with Crippen LogP contribution in [-0.2, 0) is 0 Å². The van der Waals surface area contributed by atoms with Crippen molar-refractivity contribution in [3.8, 4) is 28.5 Å². The predicted molar refractivity (Wildman–Crippen MR) is 249 cm³/mol. The summed E-state index contributed by atoms with van der Waals surface area (Å²) in [6.45, 7) is 0. The van der Waals surface area contributed by atoms with E-state index in [4.69, 9.17) is 19.4 Å². The van der Waals surface area contributed by atoms with Crippen LogP contribution in [-0.4, -0.2) is 19.5 Å². The minimum absolute atomic E-state index is 0.626. The van der Waals surface area contributed by atoms with E-state index in [1.807, 2.05) is 0 Å². The normalized spacial score (nSPS) is 13.2. The Hall–Kier alpha value is -7.89. The molecule has 3 heterocycles. The smallest absolute Gasteiger partial charge is 0.164 e. The maximum Gasteiger partial charge on any atom is 0.164 e. The fourth-order valence-corrected chi connectivity index (χ4v) is 9.42. The topological polar surface area (TPSA) is 56.7 Å². The van der Waals surface area contributed by atoms with E-state index in [0.717, 1.165) is 73.3 Å². The van der Waals surface area contributed by atoms with Gasteiger partial charge in [0.15, 0.2) is 17.5 Å². The van der Waals surface area contributed by atoms with Gasteiger partial charge in [-0.05, 0) is 99.8 Å². The van der Waals surface area contributed by atoms with Gasteiger partial charge in [0.2, 0.25) is 0 Å². The van der Waals surface area contributed by atoms with Crippen molar-refractivity contribution >= 4 is 92.4 Å². The van der Waals surface area contributed by atoms with E-state index in [1.165, 1.54) is 48.7 Å². The summed E-state index contributed by atoms with van der Waals surface area (Å²) in [5, 5.41) is 13.9. The van der Waals surface area contributed by atoms with Gasteiger partial charge in [0, 0.05) is 49.0 Å². The minimum atomic E-state index is 0.626. The summed E-state index contributed by atoms with van der Waals surface area (Å²) in [7, 11) is 0. The van der Waals surface area contributed by atoms with Crippen LogP contribution >= 0.6 is 0 Å². The summed E-state index contributed by atoms with van der Waals surface area (Å²) in [5.41, 5.74) is 8.00. The Labute approximate surface area is 344 Å². The van der Waals surface area contributed by atoms with Crippen molar-refractivity contribution in [3.63, 3.8) is 0 Å². The molecule has 60 heavy (non-hydrogen) atoms. The maximum absolute atomic E-state index is 6.79. The molecule has 0 unspecified atom stereocenters. The van der Waals surface area contributed by atoms with Gasteiger partial charge in [0.05, 0.1) is 16.7 Å². The molecule has 0 atom stereocenters. The van der Waals surface area contributed by atoms with Gasteiger partial charge in [0.1, 0.15) is 11.2 Å². The molecular formula is C55H34N4O. The van der Waals surface area contributed by atoms with Gasteiger partial charge in [-0.3, -0.25) is 0 Å². The van der Waals surface area contributed by atoms with E-state index >= 15 is 0 Å². The van der Waals surface area contributed by atoms with E-state index in [-0.39, 0.29) is 0 Å². The molecule has 0 saturated heterocycles. The minimum Gasteiger partial charge on any atom is -0.455 e. The second-order valence-corrected chi connectivity index (χ2v) is 15.9. The third-order valence-corrected chi connectivity index (χ3v) is 12.4. The molecule has 0 aliphatic heterocycles. The van der Waals surface area contributed by atoms with Crippen LogP contribution in [0.3, 0.4) is 0 Å². The van der Waals surface area contributed by atoms with Gasteiger partial charge in [-0.15, -0.1) is 0 Å². The van der Waals surface area contributed by atoms with Crippen LogP contribution in [0.25, 0.3) is 121 Å². The average molecular weight is 767 g/mol. The lowest BCUT2D eigenvalue weighted by Crippen LogP contribution is -2.03. The zero-order valence-electron chi connectivity index (χ0n) is 32.4. The van der Waals surface area contributed by atoms with Gasteiger partial charge in [-0.25, -0.2) is 15.0 Å². The third-order valence-electron chi connectivity index (χ3n) is 12.4. The van der Waals surface area contributed by atoms with Gasteiger partial charge in [-0.1, -0.05) is 127 Å². The standard InChI is InChI=1S/C55H34N4O/c1-2-13-34(14-3-1)53-56-54(40-23-22-33-12-4-5-15-35(33)26-40)58-55(57-53)41-24-25-51-46(29-41)47-32-50(42-20-10-11-21-43(42)52(47)60-51)59-48-30-38-18-8-6-16-36(38)27-44(48)45-28-37-17-7-9-19-39(37)31-49(45)59/h2,4-32H,1,3H2. The number of furan rings is 1. The van der Waals surface area contributed by atoms with E-state index in [2.05, 4.69) is 187 Å². The highest BCUT2D eigenvalue weighted by atomic mass is 16.3. The first-order valence-corrected chi connectivity index (χ1v) is 20.6. The quantitative estimate of drug-likeness (QED) is 0.179. The third kappa shape index (κ3) is 5.09. The lowest BCUT2D eigenvalue weighted by molar-refractivity contribution is 0.672. The molecular weight excluding hydrogens is 733 g/mol. The monoisotopic (exact) mass is 766 g/mol. The Balaban J connectivity index is 1.07. The molecule has 280 valence electrons. The first kappa shape index (κ1) is 33.1. The van der Waals surface area contributed by atoms with E-state index in [9.17, 15) is 0 Å². The predicted octanol–water partition coefficient (Wildman–Crippen LogP) is 14.5. The summed E-state index contributed by atoms with van der Waals surface area (Å²) < 4.78 is 9.26. The Kier molecular flexibility index (Phi) is 7.07. The van der Waals surface area contributed by atoms with Crippen molar-refractivity contribution in [3.05, 3.63) is 188 Å². The lowest BCUT2D eigenvalue weighted by atomic mass is 10.0. The SMILES string of the molecule is C1=CC(c2nc(-c3ccc4ccccc4c3)nc(-c3ccc4oc5c6ccccc6c(-n6c7cc8ccccc8cc7c7cc8ccccc8cc76)cc5c4c3)n2)=CCC1. The first-order chi connectivity index (χ1) is 29.7. The highest BCUT2D eigenvalue weighted by Crippen LogP contribution is 2.43. The number of hydrogen-bond donors (Lipinski definition) is 0. The average Bonchev–Trinajstić information content (AvgIpc) is 3.83. The van der Waals surface area contributed by atoms with E-state index in [1.54, 1.807) is 0 Å². The fourth-order valence-electron chi connectivity index (χ4n) is 9.42. The Morgan fingerprint density at radius 2 is 0.983 bits per heavy atom. The molecule has 0 radical (unpaired) electrons. The van der Waals surface area contributed by atoms with Crippen molar-refractivity contribution in [2.45, 2.75) is 12.8 Å². The van der Waals surface area contributed by atoms with Crippen LogP contribution in [0.2, 0.25) is 0 Å². The van der Waals surface area contributed by atoms with Crippen LogP contribution in [0, 0.1) is 0 Å². The van der Waals surface area contributed by atoms with Gasteiger partial charge < -0.3 is 8.98 Å². The molecule has 5 nitrogen and oxygen atoms in total. The Bertz CT molecular complexity index is 3750. The van der Waals surface area contributed by atoms with Gasteiger partial charge >= 0.3 is 0 Å². The highest BCUT2D eigenvalue weighted by molar-refractivity contribution is 6.21. The van der Waals surface area contributed by atoms with Gasteiger partial charge in [-0.2, -0.15) is 0 Å². The summed E-state index contributed by atoms with van der Waals surface area (Å²) in [6, 6.07) is 58.8. The zero-order chi connectivity index (χ0) is 39.3. The number of allylic oxidation sites excluding steroid dienone is 4. The number of rotatable bonds is 4. The molecule has 13 rings (SSSR count). The number of hydrogen-bond acceptors (Lipinski definition) is 4. The summed E-state index contributed by atoms with van der Waals surface area (Å²) >= 11 is 0. The molecule has 1 aliphatic carbocycles. The van der Waals surface area contributed by atoms with Crippen molar-refractivity contribution in [1.82, 2.24) is 19.5 Å². The van der Waals surface area contributed by atoms with Gasteiger partial charge in [0.25, 0.3) is 0 Å². The van der Waals surface area contributed by atoms with Crippen molar-refractivity contribution in [1.29, 1.82) is 0 Å². The largest absolute Gasteiger partial charge is 0.455 e. The van der Waals surface area contributed by atoms with Crippen LogP contribution < -0.4 is 0 Å². The summed E-state index contributed by atoms with van der Waals surface area (Å²) in [4.78, 5) is 15.4. The fraction of sp³-hybridized carbons (Fsp3) is 0.0364. The lowest BCUT2D eigenvalue weighted by Gasteiger charge is -2.13. The first-order valence-electron chi connectivity index (χ1n) is 20.6. The van der Waals surface area contributed by atoms with Crippen LogP contribution in [0.5, 0.6) is 0 Å². The molecule has 9 aromatic carbocycles. The van der Waals surface area contributed by atoms with E-state index < -0.39 is 0 Å². The summed E-state index contributed by atoms with van der Waals surface area (Å²) in [6.07, 6.45) is 8.53. The summed E-state index contributed by atoms with van der Waals surface area (Å²) in [5.74, 6) is 1.95. The molecule has 12 aromatic rings. The molecule has 0 spiro atoms. The molecule has 5 heteroatoms. The molecule has 0 N–H and O–H groups in total. The highest BCUT2D eigenvalue weighted by Gasteiger charge is 2.21. The van der Waals surface area contributed by atoms with E-state index in [0.29, 0.717) is 17.5 Å². The van der Waals surface area contributed by atoms with Crippen molar-refractivity contribution < 1.29 is 4.42 Å². The molecule has 0 saturated carbocycles. The molecule has 0 amide bonds. The van der Waals surface area contributed by atoms with Crippen LogP contribution in [0.1, 0.15) is 18.7 Å². The number of fused-ring (bicyclic) bond motifs is 11. The van der Waals surface area contributed by atoms with Crippen molar-refractivity contribution in [2.24, 2.45) is 0 Å².